The summed E-state index contributed by atoms with van der Waals surface area (Å²) in [5.41, 5.74) is -1.45. The zero-order chi connectivity index (χ0) is 10.3. The van der Waals surface area contributed by atoms with Gasteiger partial charge in [0.2, 0.25) is 0 Å². The Kier molecular flexibility index (Phi) is 2.86. The molecule has 0 amide bonds. The minimum absolute atomic E-state index is 0.192. The molecule has 1 aliphatic rings. The van der Waals surface area contributed by atoms with E-state index in [-0.39, 0.29) is 6.42 Å². The third-order valence-corrected chi connectivity index (χ3v) is 1.90. The average Bonchev–Trinajstić information content (AvgIpc) is 2.00. The van der Waals surface area contributed by atoms with Crippen molar-refractivity contribution in [2.45, 2.75) is 42.4 Å². The molecule has 3 nitrogen and oxygen atoms in total. The van der Waals surface area contributed by atoms with Crippen molar-refractivity contribution in [2.24, 2.45) is 10.2 Å². The molecule has 6 heteroatoms. The van der Waals surface area contributed by atoms with E-state index >= 15 is 0 Å². The van der Waals surface area contributed by atoms with Crippen LogP contribution >= 0.6 is 34.8 Å². The summed E-state index contributed by atoms with van der Waals surface area (Å²) in [7, 11) is 0. The predicted molar refractivity (Wildman–Crippen MR) is 53.3 cm³/mol. The number of azo groups is 1. The Morgan fingerprint density at radius 2 is 1.69 bits per heavy atom. The smallest absolute Gasteiger partial charge is 0.195 e. The van der Waals surface area contributed by atoms with Crippen LogP contribution < -0.4 is 0 Å². The molecule has 1 aliphatic heterocycles. The van der Waals surface area contributed by atoms with Gasteiger partial charge < -0.3 is 4.74 Å². The molecule has 76 valence electrons. The summed E-state index contributed by atoms with van der Waals surface area (Å²) in [5.74, 6) is 0. The molecule has 1 heterocycles. The van der Waals surface area contributed by atoms with E-state index in [4.69, 9.17) is 39.5 Å². The highest BCUT2D eigenvalue weighted by Gasteiger charge is 2.44. The van der Waals surface area contributed by atoms with E-state index < -0.39 is 15.2 Å². The van der Waals surface area contributed by atoms with E-state index in [9.17, 15) is 0 Å². The highest BCUT2D eigenvalue weighted by atomic mass is 35.6. The molecule has 0 aromatic heterocycles. The first-order valence-electron chi connectivity index (χ1n) is 3.83. The van der Waals surface area contributed by atoms with E-state index in [0.717, 1.165) is 0 Å². The van der Waals surface area contributed by atoms with Crippen molar-refractivity contribution in [3.63, 3.8) is 0 Å². The Balaban J connectivity index is 2.67. The van der Waals surface area contributed by atoms with Gasteiger partial charge in [-0.25, -0.2) is 0 Å². The number of hydrogen-bond donors (Lipinski definition) is 0. The van der Waals surface area contributed by atoms with Crippen LogP contribution in [0.25, 0.3) is 0 Å². The van der Waals surface area contributed by atoms with Gasteiger partial charge in [-0.1, -0.05) is 34.8 Å². The molecule has 0 aromatic carbocycles. The van der Waals surface area contributed by atoms with Gasteiger partial charge in [-0.15, -0.1) is 0 Å². The number of rotatable bonds is 1. The molecule has 1 atom stereocenters. The molecule has 0 aliphatic carbocycles. The first kappa shape index (κ1) is 11.5. The molecule has 0 N–H and O–H groups in total. The molecule has 0 fully saturated rings. The van der Waals surface area contributed by atoms with Crippen molar-refractivity contribution in [2.75, 3.05) is 0 Å². The first-order chi connectivity index (χ1) is 5.62. The monoisotopic (exact) mass is 244 g/mol. The van der Waals surface area contributed by atoms with Crippen molar-refractivity contribution < 1.29 is 4.74 Å². The number of hydrogen-bond acceptors (Lipinski definition) is 3. The van der Waals surface area contributed by atoms with Crippen molar-refractivity contribution in [3.05, 3.63) is 0 Å². The number of ether oxygens (including phenoxy) is 1. The Hall–Kier alpha value is 0.430. The summed E-state index contributed by atoms with van der Waals surface area (Å²) in [4.78, 5) is 0. The Bertz CT molecular complexity index is 236. The van der Waals surface area contributed by atoms with Crippen LogP contribution in [0.15, 0.2) is 10.2 Å². The quantitative estimate of drug-likeness (QED) is 0.649. The molecule has 1 unspecified atom stereocenters. The number of nitrogens with zero attached hydrogens (tertiary/aromatic N) is 2. The third-order valence-electron chi connectivity index (χ3n) is 1.50. The number of alkyl halides is 3. The fourth-order valence-electron chi connectivity index (χ4n) is 1.25. The van der Waals surface area contributed by atoms with Crippen LogP contribution in [0.4, 0.5) is 0 Å². The second kappa shape index (κ2) is 3.23. The number of halogens is 3. The first-order valence-corrected chi connectivity index (χ1v) is 4.96. The molecule has 0 aromatic rings. The summed E-state index contributed by atoms with van der Waals surface area (Å²) in [6.07, 6.45) is 0.192. The lowest BCUT2D eigenvalue weighted by Crippen LogP contribution is -2.33. The van der Waals surface area contributed by atoms with Gasteiger partial charge in [-0.05, 0) is 20.8 Å². The van der Waals surface area contributed by atoms with Gasteiger partial charge >= 0.3 is 0 Å². The molecular weight excluding hydrogens is 234 g/mol. The maximum absolute atomic E-state index is 5.65. The van der Waals surface area contributed by atoms with E-state index in [1.807, 2.05) is 0 Å². The van der Waals surface area contributed by atoms with Gasteiger partial charge in [0.15, 0.2) is 15.2 Å². The molecule has 1 rings (SSSR count). The maximum Gasteiger partial charge on any atom is 0.195 e. The topological polar surface area (TPSA) is 34.0 Å². The van der Waals surface area contributed by atoms with Crippen molar-refractivity contribution in [1.82, 2.24) is 0 Å². The van der Waals surface area contributed by atoms with E-state index in [2.05, 4.69) is 10.2 Å². The van der Waals surface area contributed by atoms with Crippen LogP contribution in [0, 0.1) is 0 Å². The Morgan fingerprint density at radius 3 is 2.00 bits per heavy atom. The summed E-state index contributed by atoms with van der Waals surface area (Å²) < 4.78 is 4.16. The van der Waals surface area contributed by atoms with Gasteiger partial charge in [-0.2, -0.15) is 10.2 Å². The molecule has 13 heavy (non-hydrogen) atoms. The third kappa shape index (κ3) is 3.58. The summed E-state index contributed by atoms with van der Waals surface area (Å²) in [6.45, 7) is 5.35. The summed E-state index contributed by atoms with van der Waals surface area (Å²) >= 11 is 16.9. The van der Waals surface area contributed by atoms with Crippen molar-refractivity contribution >= 4 is 34.8 Å². The second-order valence-electron chi connectivity index (χ2n) is 3.72. The summed E-state index contributed by atoms with van der Waals surface area (Å²) in [5, 5.41) is 7.89. The second-order valence-corrected chi connectivity index (χ2v) is 6.23. The lowest BCUT2D eigenvalue weighted by molar-refractivity contribution is -0.0892. The van der Waals surface area contributed by atoms with E-state index in [1.54, 1.807) is 20.8 Å². The molecule has 0 saturated carbocycles. The zero-order valence-corrected chi connectivity index (χ0v) is 9.91. The molecule has 0 spiro atoms. The molecular formula is C7H11Cl3N2O. The van der Waals surface area contributed by atoms with Gasteiger partial charge in [0.25, 0.3) is 0 Å². The van der Waals surface area contributed by atoms with Crippen LogP contribution in [0.2, 0.25) is 0 Å². The standard InChI is InChI=1S/C7H11Cl3N2O/c1-5(2)11-12-6(3,13-5)4-7(8,9)10/h4H2,1-3H3. The minimum atomic E-state index is -1.37. The van der Waals surface area contributed by atoms with Crippen LogP contribution in [-0.4, -0.2) is 15.2 Å². The maximum atomic E-state index is 5.65. The summed E-state index contributed by atoms with van der Waals surface area (Å²) in [6, 6.07) is 0. The van der Waals surface area contributed by atoms with Gasteiger partial charge in [0, 0.05) is 6.42 Å². The SMILES string of the molecule is CC1(C)N=NC(C)(CC(Cl)(Cl)Cl)O1. The van der Waals surface area contributed by atoms with Crippen molar-refractivity contribution in [1.29, 1.82) is 0 Å². The minimum Gasteiger partial charge on any atom is -0.323 e. The Labute approximate surface area is 92.4 Å². The van der Waals surface area contributed by atoms with E-state index in [1.165, 1.54) is 0 Å². The van der Waals surface area contributed by atoms with Crippen LogP contribution in [-0.2, 0) is 4.74 Å². The molecule has 0 saturated heterocycles. The van der Waals surface area contributed by atoms with Crippen LogP contribution in [0.1, 0.15) is 27.2 Å². The highest BCUT2D eigenvalue weighted by Crippen LogP contribution is 2.42. The zero-order valence-electron chi connectivity index (χ0n) is 7.64. The van der Waals surface area contributed by atoms with Crippen molar-refractivity contribution in [3.8, 4) is 0 Å². The van der Waals surface area contributed by atoms with E-state index in [0.29, 0.717) is 0 Å². The predicted octanol–water partition coefficient (Wildman–Crippen LogP) is 3.68. The van der Waals surface area contributed by atoms with Gasteiger partial charge in [0.05, 0.1) is 0 Å². The highest BCUT2D eigenvalue weighted by molar-refractivity contribution is 6.67. The van der Waals surface area contributed by atoms with Crippen LogP contribution in [0.3, 0.4) is 0 Å². The Morgan fingerprint density at radius 1 is 1.15 bits per heavy atom. The molecule has 0 bridgehead atoms. The average molecular weight is 246 g/mol. The molecule has 0 radical (unpaired) electrons. The van der Waals surface area contributed by atoms with Crippen LogP contribution in [0.5, 0.6) is 0 Å². The lowest BCUT2D eigenvalue weighted by Gasteiger charge is -2.26. The largest absolute Gasteiger partial charge is 0.323 e. The van der Waals surface area contributed by atoms with Gasteiger partial charge in [0.1, 0.15) is 0 Å². The fraction of sp³-hybridized carbons (Fsp3) is 1.00. The fourth-order valence-corrected chi connectivity index (χ4v) is 1.99. The van der Waals surface area contributed by atoms with Gasteiger partial charge in [-0.3, -0.25) is 0 Å². The normalized spacial score (nSPS) is 32.5. The lowest BCUT2D eigenvalue weighted by atomic mass is 10.2.